The van der Waals surface area contributed by atoms with Crippen LogP contribution in [0.25, 0.3) is 0 Å². The predicted molar refractivity (Wildman–Crippen MR) is 104 cm³/mol. The number of carbonyl (C=O) groups is 1. The van der Waals surface area contributed by atoms with Crippen molar-refractivity contribution in [1.29, 1.82) is 0 Å². The molecule has 0 spiro atoms. The van der Waals surface area contributed by atoms with Gasteiger partial charge in [-0.05, 0) is 43.6 Å². The Morgan fingerprint density at radius 3 is 2.54 bits per heavy atom. The third-order valence-corrected chi connectivity index (χ3v) is 6.04. The zero-order valence-electron chi connectivity index (χ0n) is 16.1. The Labute approximate surface area is 157 Å². The molecule has 2 amide bonds. The number of hydrogen-bond donors (Lipinski definition) is 2. The summed E-state index contributed by atoms with van der Waals surface area (Å²) in [6, 6.07) is 11.1. The highest BCUT2D eigenvalue weighted by Gasteiger charge is 2.32. The molecule has 1 aliphatic carbocycles. The summed E-state index contributed by atoms with van der Waals surface area (Å²) in [7, 11) is 1.93. The number of rotatable bonds is 4. The molecule has 26 heavy (non-hydrogen) atoms. The van der Waals surface area contributed by atoms with Gasteiger partial charge >= 0.3 is 6.03 Å². The smallest absolute Gasteiger partial charge is 0.317 e. The molecule has 1 aromatic carbocycles. The van der Waals surface area contributed by atoms with Gasteiger partial charge in [-0.1, -0.05) is 37.3 Å². The second-order valence-corrected chi connectivity index (χ2v) is 8.12. The van der Waals surface area contributed by atoms with Crippen LogP contribution in [-0.2, 0) is 6.54 Å². The van der Waals surface area contributed by atoms with Crippen LogP contribution in [0.1, 0.15) is 44.6 Å². The second kappa shape index (κ2) is 8.87. The summed E-state index contributed by atoms with van der Waals surface area (Å²) in [5.74, 6) is 0.455. The minimum atomic E-state index is -0.185. The quantitative estimate of drug-likeness (QED) is 0.869. The summed E-state index contributed by atoms with van der Waals surface area (Å²) in [6.07, 6.45) is 4.18. The fraction of sp³-hybridized carbons (Fsp3) is 0.667. The lowest BCUT2D eigenvalue weighted by Gasteiger charge is -2.41. The predicted octanol–water partition coefficient (Wildman–Crippen LogP) is 2.84. The first-order valence-electron chi connectivity index (χ1n) is 10.0. The number of aliphatic hydroxyl groups is 1. The first kappa shape index (κ1) is 19.2. The lowest BCUT2D eigenvalue weighted by atomic mass is 9.92. The molecule has 1 saturated carbocycles. The number of nitrogens with zero attached hydrogens (tertiary/aromatic N) is 2. The number of aliphatic hydroxyl groups excluding tert-OH is 1. The minimum Gasteiger partial charge on any atom is -0.393 e. The Kier molecular flexibility index (Phi) is 6.54. The second-order valence-electron chi connectivity index (χ2n) is 8.12. The fourth-order valence-corrected chi connectivity index (χ4v) is 4.43. The van der Waals surface area contributed by atoms with Gasteiger partial charge < -0.3 is 15.3 Å². The highest BCUT2D eigenvalue weighted by molar-refractivity contribution is 5.74. The van der Waals surface area contributed by atoms with Gasteiger partial charge in [-0.25, -0.2) is 4.79 Å². The van der Waals surface area contributed by atoms with Crippen molar-refractivity contribution in [2.24, 2.45) is 5.92 Å². The molecule has 0 bridgehead atoms. The third kappa shape index (κ3) is 4.98. The van der Waals surface area contributed by atoms with E-state index in [1.165, 1.54) is 5.56 Å². The number of hydrogen-bond acceptors (Lipinski definition) is 3. The van der Waals surface area contributed by atoms with Gasteiger partial charge in [0, 0.05) is 38.8 Å². The molecule has 2 unspecified atom stereocenters. The molecule has 2 aliphatic rings. The van der Waals surface area contributed by atoms with Gasteiger partial charge in [-0.3, -0.25) is 4.90 Å². The summed E-state index contributed by atoms with van der Waals surface area (Å²) < 4.78 is 0. The van der Waals surface area contributed by atoms with E-state index in [0.29, 0.717) is 5.92 Å². The lowest BCUT2D eigenvalue weighted by Crippen LogP contribution is -2.54. The van der Waals surface area contributed by atoms with Gasteiger partial charge in [-0.15, -0.1) is 0 Å². The number of amides is 2. The van der Waals surface area contributed by atoms with Crippen LogP contribution < -0.4 is 5.32 Å². The van der Waals surface area contributed by atoms with Crippen molar-refractivity contribution in [3.8, 4) is 0 Å². The van der Waals surface area contributed by atoms with Gasteiger partial charge in [0.25, 0.3) is 0 Å². The zero-order valence-corrected chi connectivity index (χ0v) is 16.1. The van der Waals surface area contributed by atoms with Crippen molar-refractivity contribution < 1.29 is 9.90 Å². The monoisotopic (exact) mass is 359 g/mol. The van der Waals surface area contributed by atoms with Crippen LogP contribution in [0.4, 0.5) is 4.79 Å². The van der Waals surface area contributed by atoms with Crippen LogP contribution in [0.3, 0.4) is 0 Å². The van der Waals surface area contributed by atoms with Crippen LogP contribution in [0.15, 0.2) is 30.3 Å². The van der Waals surface area contributed by atoms with Crippen LogP contribution in [0.5, 0.6) is 0 Å². The number of benzene rings is 1. The molecule has 1 aromatic rings. The number of carbonyl (C=O) groups excluding carboxylic acids is 1. The van der Waals surface area contributed by atoms with E-state index in [1.807, 2.05) is 11.9 Å². The van der Waals surface area contributed by atoms with Crippen LogP contribution in [0.2, 0.25) is 0 Å². The number of piperidine rings is 1. The molecule has 2 fully saturated rings. The van der Waals surface area contributed by atoms with E-state index in [-0.39, 0.29) is 24.2 Å². The molecule has 3 rings (SSSR count). The normalized spacial score (nSPS) is 30.0. The molecule has 2 N–H and O–H groups in total. The Hall–Kier alpha value is -1.59. The van der Waals surface area contributed by atoms with E-state index < -0.39 is 0 Å². The van der Waals surface area contributed by atoms with Crippen molar-refractivity contribution in [2.75, 3.05) is 20.1 Å². The Morgan fingerprint density at radius 2 is 1.88 bits per heavy atom. The standard InChI is InChI=1S/C21H33N3O2/c1-16-14-24(15-17-6-4-3-5-7-17)13-12-20(16)23(2)21(26)22-18-8-10-19(25)11-9-18/h3-7,16,18-20,25H,8-15H2,1-2H3,(H,22,26). The average molecular weight is 360 g/mol. The minimum absolute atomic E-state index is 0.0414. The molecule has 0 aromatic heterocycles. The molecule has 2 atom stereocenters. The number of urea groups is 1. The average Bonchev–Trinajstić information content (AvgIpc) is 2.64. The van der Waals surface area contributed by atoms with Crippen LogP contribution in [-0.4, -0.2) is 59.3 Å². The van der Waals surface area contributed by atoms with Crippen LogP contribution in [0, 0.1) is 5.92 Å². The molecule has 5 heteroatoms. The van der Waals surface area contributed by atoms with E-state index >= 15 is 0 Å². The molecule has 1 heterocycles. The van der Waals surface area contributed by atoms with Crippen molar-refractivity contribution in [3.63, 3.8) is 0 Å². The summed E-state index contributed by atoms with van der Waals surface area (Å²) in [6.45, 7) is 5.28. The first-order valence-corrected chi connectivity index (χ1v) is 10.0. The third-order valence-electron chi connectivity index (χ3n) is 6.04. The van der Waals surface area contributed by atoms with Gasteiger partial charge in [0.15, 0.2) is 0 Å². The topological polar surface area (TPSA) is 55.8 Å². The molecule has 144 valence electrons. The maximum atomic E-state index is 12.6. The molecular weight excluding hydrogens is 326 g/mol. The number of likely N-dealkylation sites (tertiary alicyclic amines) is 1. The van der Waals surface area contributed by atoms with Gasteiger partial charge in [0.1, 0.15) is 0 Å². The van der Waals surface area contributed by atoms with Gasteiger partial charge in [-0.2, -0.15) is 0 Å². The summed E-state index contributed by atoms with van der Waals surface area (Å²) in [5, 5.41) is 12.8. The van der Waals surface area contributed by atoms with Crippen molar-refractivity contribution >= 4 is 6.03 Å². The fourth-order valence-electron chi connectivity index (χ4n) is 4.43. The molecule has 1 saturated heterocycles. The highest BCUT2D eigenvalue weighted by Crippen LogP contribution is 2.24. The first-order chi connectivity index (χ1) is 12.5. The van der Waals surface area contributed by atoms with Crippen LogP contribution >= 0.6 is 0 Å². The van der Waals surface area contributed by atoms with E-state index in [1.54, 1.807) is 0 Å². The highest BCUT2D eigenvalue weighted by atomic mass is 16.3. The molecule has 0 radical (unpaired) electrons. The Bertz CT molecular complexity index is 572. The number of nitrogens with one attached hydrogen (secondary N) is 1. The molecule has 1 aliphatic heterocycles. The summed E-state index contributed by atoms with van der Waals surface area (Å²) >= 11 is 0. The van der Waals surface area contributed by atoms with Gasteiger partial charge in [0.05, 0.1) is 6.10 Å². The maximum absolute atomic E-state index is 12.6. The zero-order chi connectivity index (χ0) is 18.5. The van der Waals surface area contributed by atoms with E-state index in [9.17, 15) is 9.90 Å². The van der Waals surface area contributed by atoms with Crippen molar-refractivity contribution in [2.45, 2.75) is 63.8 Å². The van der Waals surface area contributed by atoms with E-state index in [4.69, 9.17) is 0 Å². The lowest BCUT2D eigenvalue weighted by molar-refractivity contribution is 0.0841. The van der Waals surface area contributed by atoms with E-state index in [0.717, 1.165) is 51.7 Å². The van der Waals surface area contributed by atoms with Crippen molar-refractivity contribution in [1.82, 2.24) is 15.1 Å². The Morgan fingerprint density at radius 1 is 1.19 bits per heavy atom. The van der Waals surface area contributed by atoms with E-state index in [2.05, 4.69) is 47.5 Å². The molecular formula is C21H33N3O2. The van der Waals surface area contributed by atoms with Gasteiger partial charge in [0.2, 0.25) is 0 Å². The largest absolute Gasteiger partial charge is 0.393 e. The maximum Gasteiger partial charge on any atom is 0.317 e. The van der Waals surface area contributed by atoms with Crippen molar-refractivity contribution in [3.05, 3.63) is 35.9 Å². The SMILES string of the molecule is CC1CN(Cc2ccccc2)CCC1N(C)C(=O)NC1CCC(O)CC1. The Balaban J connectivity index is 1.47. The molecule has 5 nitrogen and oxygen atoms in total. The summed E-state index contributed by atoms with van der Waals surface area (Å²) in [4.78, 5) is 17.1. The summed E-state index contributed by atoms with van der Waals surface area (Å²) in [5.41, 5.74) is 1.35.